The SMILES string of the molecule is CCNC(Cc1ccn(C(C)CC)n1)c1ccc(CC)o1. The Hall–Kier alpha value is -1.55. The van der Waals surface area contributed by atoms with Crippen LogP contribution in [0.3, 0.4) is 0 Å². The average Bonchev–Trinajstić information content (AvgIpc) is 3.15. The summed E-state index contributed by atoms with van der Waals surface area (Å²) in [5.41, 5.74) is 1.11. The molecule has 2 heterocycles. The van der Waals surface area contributed by atoms with Crippen molar-refractivity contribution in [2.75, 3.05) is 6.54 Å². The Morgan fingerprint density at radius 2 is 2.05 bits per heavy atom. The molecule has 2 aromatic rings. The van der Waals surface area contributed by atoms with E-state index in [2.05, 4.69) is 62.1 Å². The predicted molar refractivity (Wildman–Crippen MR) is 85.4 cm³/mol. The van der Waals surface area contributed by atoms with Gasteiger partial charge in [-0.15, -0.1) is 0 Å². The second kappa shape index (κ2) is 7.46. The summed E-state index contributed by atoms with van der Waals surface area (Å²) in [4.78, 5) is 0. The second-order valence-corrected chi connectivity index (χ2v) is 5.52. The molecule has 0 aliphatic carbocycles. The summed E-state index contributed by atoms with van der Waals surface area (Å²) >= 11 is 0. The molecule has 116 valence electrons. The second-order valence-electron chi connectivity index (χ2n) is 5.52. The van der Waals surface area contributed by atoms with Crippen molar-refractivity contribution in [2.24, 2.45) is 0 Å². The molecular weight excluding hydrogens is 262 g/mol. The average molecular weight is 289 g/mol. The zero-order chi connectivity index (χ0) is 15.2. The van der Waals surface area contributed by atoms with Gasteiger partial charge >= 0.3 is 0 Å². The van der Waals surface area contributed by atoms with Crippen molar-refractivity contribution in [3.8, 4) is 0 Å². The van der Waals surface area contributed by atoms with E-state index in [9.17, 15) is 0 Å². The molecular formula is C17H27N3O. The summed E-state index contributed by atoms with van der Waals surface area (Å²) in [5, 5.41) is 8.18. The van der Waals surface area contributed by atoms with Gasteiger partial charge in [-0.3, -0.25) is 4.68 Å². The minimum Gasteiger partial charge on any atom is -0.464 e. The fourth-order valence-corrected chi connectivity index (χ4v) is 2.42. The summed E-state index contributed by atoms with van der Waals surface area (Å²) in [6.45, 7) is 9.52. The van der Waals surface area contributed by atoms with Gasteiger partial charge in [-0.2, -0.15) is 5.10 Å². The van der Waals surface area contributed by atoms with Crippen molar-refractivity contribution >= 4 is 0 Å². The molecule has 0 spiro atoms. The lowest BCUT2D eigenvalue weighted by molar-refractivity contribution is 0.392. The van der Waals surface area contributed by atoms with Crippen LogP contribution in [0, 0.1) is 0 Å². The standard InChI is InChI=1S/C17H27N3O/c1-5-13(4)20-11-10-14(19-20)12-16(18-7-3)17-9-8-15(6-2)21-17/h8-11,13,16,18H,5-7,12H2,1-4H3. The third-order valence-electron chi connectivity index (χ3n) is 3.94. The molecule has 0 amide bonds. The molecule has 0 aliphatic rings. The normalized spacial score (nSPS) is 14.3. The third-order valence-corrected chi connectivity index (χ3v) is 3.94. The Labute approximate surface area is 127 Å². The van der Waals surface area contributed by atoms with Gasteiger partial charge in [0.2, 0.25) is 0 Å². The van der Waals surface area contributed by atoms with E-state index in [0.29, 0.717) is 6.04 Å². The Bertz CT molecular complexity index is 544. The number of hydrogen-bond acceptors (Lipinski definition) is 3. The molecule has 0 aliphatic heterocycles. The number of aryl methyl sites for hydroxylation is 1. The molecule has 1 N–H and O–H groups in total. The van der Waals surface area contributed by atoms with Gasteiger partial charge in [-0.1, -0.05) is 20.8 Å². The number of likely N-dealkylation sites (N-methyl/N-ethyl adjacent to an activating group) is 1. The Kier molecular flexibility index (Phi) is 5.62. The Balaban J connectivity index is 2.10. The van der Waals surface area contributed by atoms with Gasteiger partial charge < -0.3 is 9.73 Å². The van der Waals surface area contributed by atoms with Crippen molar-refractivity contribution in [2.45, 2.75) is 59.0 Å². The van der Waals surface area contributed by atoms with Crippen LogP contribution in [0.4, 0.5) is 0 Å². The van der Waals surface area contributed by atoms with Gasteiger partial charge in [-0.25, -0.2) is 0 Å². The molecule has 2 atom stereocenters. The Morgan fingerprint density at radius 1 is 1.24 bits per heavy atom. The molecule has 0 saturated carbocycles. The number of hydrogen-bond donors (Lipinski definition) is 1. The number of rotatable bonds is 8. The Morgan fingerprint density at radius 3 is 2.67 bits per heavy atom. The minimum atomic E-state index is 0.190. The highest BCUT2D eigenvalue weighted by Gasteiger charge is 2.17. The highest BCUT2D eigenvalue weighted by atomic mass is 16.3. The first-order valence-electron chi connectivity index (χ1n) is 8.03. The molecule has 2 unspecified atom stereocenters. The van der Waals surface area contributed by atoms with E-state index in [1.54, 1.807) is 0 Å². The highest BCUT2D eigenvalue weighted by molar-refractivity contribution is 5.14. The molecule has 4 heteroatoms. The van der Waals surface area contributed by atoms with Crippen LogP contribution >= 0.6 is 0 Å². The quantitative estimate of drug-likeness (QED) is 0.801. The molecule has 0 radical (unpaired) electrons. The fraction of sp³-hybridized carbons (Fsp3) is 0.588. The van der Waals surface area contributed by atoms with E-state index in [0.717, 1.165) is 43.0 Å². The summed E-state index contributed by atoms with van der Waals surface area (Å²) in [6, 6.07) is 6.90. The van der Waals surface area contributed by atoms with Crippen LogP contribution < -0.4 is 5.32 Å². The summed E-state index contributed by atoms with van der Waals surface area (Å²) in [7, 11) is 0. The first-order valence-corrected chi connectivity index (χ1v) is 8.03. The maximum Gasteiger partial charge on any atom is 0.121 e. The van der Waals surface area contributed by atoms with Crippen LogP contribution in [0.5, 0.6) is 0 Å². The zero-order valence-electron chi connectivity index (χ0n) is 13.6. The maximum atomic E-state index is 5.90. The van der Waals surface area contributed by atoms with E-state index in [4.69, 9.17) is 9.52 Å². The number of aromatic nitrogens is 2. The van der Waals surface area contributed by atoms with E-state index in [1.165, 1.54) is 0 Å². The van der Waals surface area contributed by atoms with E-state index >= 15 is 0 Å². The van der Waals surface area contributed by atoms with Gasteiger partial charge in [0.05, 0.1) is 11.7 Å². The van der Waals surface area contributed by atoms with Crippen molar-refractivity contribution < 1.29 is 4.42 Å². The summed E-state index contributed by atoms with van der Waals surface area (Å²) < 4.78 is 7.95. The van der Waals surface area contributed by atoms with E-state index in [-0.39, 0.29) is 6.04 Å². The van der Waals surface area contributed by atoms with Crippen LogP contribution in [-0.2, 0) is 12.8 Å². The van der Waals surface area contributed by atoms with Gasteiger partial charge in [0.15, 0.2) is 0 Å². The molecule has 0 saturated heterocycles. The molecule has 2 aromatic heterocycles. The topological polar surface area (TPSA) is 43.0 Å². The molecule has 21 heavy (non-hydrogen) atoms. The highest BCUT2D eigenvalue weighted by Crippen LogP contribution is 2.21. The minimum absolute atomic E-state index is 0.190. The number of nitrogens with one attached hydrogen (secondary N) is 1. The molecule has 4 nitrogen and oxygen atoms in total. The monoisotopic (exact) mass is 289 g/mol. The van der Waals surface area contributed by atoms with Crippen LogP contribution in [0.2, 0.25) is 0 Å². The smallest absolute Gasteiger partial charge is 0.121 e. The van der Waals surface area contributed by atoms with Gasteiger partial charge in [0.1, 0.15) is 11.5 Å². The zero-order valence-corrected chi connectivity index (χ0v) is 13.6. The van der Waals surface area contributed by atoms with Gasteiger partial charge in [-0.05, 0) is 38.1 Å². The lowest BCUT2D eigenvalue weighted by Crippen LogP contribution is -2.22. The molecule has 0 bridgehead atoms. The predicted octanol–water partition coefficient (Wildman–Crippen LogP) is 3.90. The van der Waals surface area contributed by atoms with Crippen LogP contribution in [0.15, 0.2) is 28.8 Å². The molecule has 2 rings (SSSR count). The van der Waals surface area contributed by atoms with E-state index in [1.807, 2.05) is 0 Å². The van der Waals surface area contributed by atoms with Crippen LogP contribution in [0.1, 0.15) is 63.4 Å². The number of nitrogens with zero attached hydrogens (tertiary/aromatic N) is 2. The van der Waals surface area contributed by atoms with Crippen LogP contribution in [0.25, 0.3) is 0 Å². The summed E-state index contributed by atoms with van der Waals surface area (Å²) in [5.74, 6) is 2.05. The number of furan rings is 1. The van der Waals surface area contributed by atoms with Crippen molar-refractivity contribution in [1.82, 2.24) is 15.1 Å². The lowest BCUT2D eigenvalue weighted by Gasteiger charge is -2.14. The maximum absolute atomic E-state index is 5.90. The largest absolute Gasteiger partial charge is 0.464 e. The molecule has 0 aromatic carbocycles. The first kappa shape index (κ1) is 15.8. The molecule has 0 fully saturated rings. The van der Waals surface area contributed by atoms with Crippen molar-refractivity contribution in [1.29, 1.82) is 0 Å². The van der Waals surface area contributed by atoms with Crippen molar-refractivity contribution in [3.63, 3.8) is 0 Å². The third kappa shape index (κ3) is 3.97. The van der Waals surface area contributed by atoms with Gasteiger partial charge in [0, 0.05) is 25.1 Å². The fourth-order valence-electron chi connectivity index (χ4n) is 2.42. The van der Waals surface area contributed by atoms with Crippen LogP contribution in [-0.4, -0.2) is 16.3 Å². The van der Waals surface area contributed by atoms with E-state index < -0.39 is 0 Å². The lowest BCUT2D eigenvalue weighted by atomic mass is 10.1. The summed E-state index contributed by atoms with van der Waals surface area (Å²) in [6.07, 6.45) is 4.96. The van der Waals surface area contributed by atoms with Crippen molar-refractivity contribution in [3.05, 3.63) is 41.6 Å². The first-order chi connectivity index (χ1) is 10.2. The van der Waals surface area contributed by atoms with Gasteiger partial charge in [0.25, 0.3) is 0 Å².